The number of alkyl halides is 1. The van der Waals surface area contributed by atoms with Crippen molar-refractivity contribution in [3.05, 3.63) is 70.8 Å². The van der Waals surface area contributed by atoms with Gasteiger partial charge in [-0.05, 0) is 43.5 Å². The third kappa shape index (κ3) is 3.68. The molecule has 2 aromatic heterocycles. The number of aromatic nitrogens is 3. The number of nitrogens with zero attached hydrogens (tertiary/aromatic N) is 5. The molecule has 31 heavy (non-hydrogen) atoms. The lowest BCUT2D eigenvalue weighted by Gasteiger charge is -2.31. The van der Waals surface area contributed by atoms with E-state index in [2.05, 4.69) is 25.2 Å². The molecule has 1 aliphatic carbocycles. The first-order valence-corrected chi connectivity index (χ1v) is 10.2. The average Bonchev–Trinajstić information content (AvgIpc) is 3.57. The van der Waals surface area contributed by atoms with Gasteiger partial charge in [0.2, 0.25) is 0 Å². The summed E-state index contributed by atoms with van der Waals surface area (Å²) in [5.74, 6) is 1.38. The van der Waals surface area contributed by atoms with Crippen molar-refractivity contribution in [2.75, 3.05) is 16.8 Å². The summed E-state index contributed by atoms with van der Waals surface area (Å²) >= 11 is 0. The van der Waals surface area contributed by atoms with Crippen molar-refractivity contribution in [2.24, 2.45) is 0 Å². The summed E-state index contributed by atoms with van der Waals surface area (Å²) in [4.78, 5) is 15.4. The number of nitriles is 1. The van der Waals surface area contributed by atoms with Gasteiger partial charge < -0.3 is 15.3 Å². The van der Waals surface area contributed by atoms with E-state index in [0.29, 0.717) is 23.5 Å². The Balaban J connectivity index is 1.35. The summed E-state index contributed by atoms with van der Waals surface area (Å²) in [7, 11) is 0. The Hall–Kier alpha value is -3.57. The lowest BCUT2D eigenvalue weighted by Crippen LogP contribution is -2.31. The number of hydrogen-bond donors (Lipinski definition) is 2. The minimum Gasteiger partial charge on any atom is -0.385 e. The van der Waals surface area contributed by atoms with Gasteiger partial charge in [0, 0.05) is 35.1 Å². The van der Waals surface area contributed by atoms with Crippen molar-refractivity contribution >= 4 is 17.3 Å². The predicted octanol–water partition coefficient (Wildman–Crippen LogP) is 3.50. The second-order valence-electron chi connectivity index (χ2n) is 7.99. The van der Waals surface area contributed by atoms with Gasteiger partial charge in [-0.1, -0.05) is 6.07 Å². The molecule has 2 N–H and O–H groups in total. The van der Waals surface area contributed by atoms with Crippen molar-refractivity contribution in [2.45, 2.75) is 38.1 Å². The van der Waals surface area contributed by atoms with E-state index in [-0.39, 0.29) is 0 Å². The molecule has 8 heteroatoms. The van der Waals surface area contributed by atoms with E-state index < -0.39 is 12.3 Å². The summed E-state index contributed by atoms with van der Waals surface area (Å²) in [6.45, 7) is 0.635. The van der Waals surface area contributed by atoms with Crippen molar-refractivity contribution in [1.29, 1.82) is 5.26 Å². The second-order valence-corrected chi connectivity index (χ2v) is 7.99. The Bertz CT molecular complexity index is 1170. The molecule has 1 fully saturated rings. The highest BCUT2D eigenvalue weighted by Crippen LogP contribution is 2.45. The van der Waals surface area contributed by atoms with E-state index in [0.717, 1.165) is 54.1 Å². The van der Waals surface area contributed by atoms with Crippen molar-refractivity contribution in [1.82, 2.24) is 15.0 Å². The molecule has 0 radical (unpaired) electrons. The SMILES string of the molecule is N#Cc1ccc(N2CCc3c(ncnc3Nc3ccc(C4(O)CC4)cn3)C2)cc1CF. The monoisotopic (exact) mass is 416 g/mol. The fourth-order valence-corrected chi connectivity index (χ4v) is 3.95. The molecule has 7 nitrogen and oxygen atoms in total. The molecular formula is C23H21FN6O. The van der Waals surface area contributed by atoms with Crippen LogP contribution in [0.15, 0.2) is 42.9 Å². The molecule has 1 saturated carbocycles. The van der Waals surface area contributed by atoms with Crippen molar-refractivity contribution in [3.63, 3.8) is 0 Å². The predicted molar refractivity (Wildman–Crippen MR) is 113 cm³/mol. The van der Waals surface area contributed by atoms with Crippen LogP contribution in [0.25, 0.3) is 0 Å². The zero-order valence-corrected chi connectivity index (χ0v) is 16.8. The Labute approximate surface area is 179 Å². The molecule has 2 aliphatic rings. The molecule has 3 aromatic rings. The van der Waals surface area contributed by atoms with Gasteiger partial charge in [0.25, 0.3) is 0 Å². The van der Waals surface area contributed by atoms with Crippen LogP contribution in [-0.2, 0) is 25.2 Å². The van der Waals surface area contributed by atoms with Crippen LogP contribution in [0.4, 0.5) is 21.7 Å². The summed E-state index contributed by atoms with van der Waals surface area (Å²) in [5, 5.41) is 22.6. The highest BCUT2D eigenvalue weighted by atomic mass is 19.1. The van der Waals surface area contributed by atoms with Crippen LogP contribution in [0, 0.1) is 11.3 Å². The maximum Gasteiger partial charge on any atom is 0.138 e. The first-order chi connectivity index (χ1) is 15.1. The van der Waals surface area contributed by atoms with E-state index in [1.807, 2.05) is 24.3 Å². The molecule has 156 valence electrons. The Morgan fingerprint density at radius 2 is 2.06 bits per heavy atom. The molecule has 0 spiro atoms. The van der Waals surface area contributed by atoms with E-state index in [4.69, 9.17) is 5.26 Å². The number of nitrogens with one attached hydrogen (secondary N) is 1. The van der Waals surface area contributed by atoms with Gasteiger partial charge in [-0.2, -0.15) is 5.26 Å². The molecule has 3 heterocycles. The lowest BCUT2D eigenvalue weighted by atomic mass is 10.0. The van der Waals surface area contributed by atoms with Gasteiger partial charge in [-0.15, -0.1) is 0 Å². The van der Waals surface area contributed by atoms with Gasteiger partial charge in [0.05, 0.1) is 29.5 Å². The minimum atomic E-state index is -0.698. The number of benzene rings is 1. The Morgan fingerprint density at radius 1 is 1.19 bits per heavy atom. The molecule has 0 saturated heterocycles. The standard InChI is InChI=1S/C23H21FN6O/c24-10-16-9-18(3-1-15(16)11-25)30-8-5-19-20(13-30)27-14-28-22(19)29-21-4-2-17(12-26-21)23(31)6-7-23/h1-4,9,12,14,31H,5-8,10,13H2,(H,26,27,28,29). The fourth-order valence-electron chi connectivity index (χ4n) is 3.95. The molecule has 0 amide bonds. The van der Waals surface area contributed by atoms with Crippen LogP contribution in [0.5, 0.6) is 0 Å². The smallest absolute Gasteiger partial charge is 0.138 e. The number of pyridine rings is 1. The molecule has 5 rings (SSSR count). The summed E-state index contributed by atoms with van der Waals surface area (Å²) in [6.07, 6.45) is 5.52. The van der Waals surface area contributed by atoms with E-state index >= 15 is 0 Å². The van der Waals surface area contributed by atoms with Crippen LogP contribution in [0.1, 0.15) is 40.8 Å². The largest absolute Gasteiger partial charge is 0.385 e. The number of anilines is 3. The van der Waals surface area contributed by atoms with E-state index in [9.17, 15) is 9.50 Å². The number of hydrogen-bond acceptors (Lipinski definition) is 7. The zero-order chi connectivity index (χ0) is 21.4. The van der Waals surface area contributed by atoms with Crippen LogP contribution in [0.2, 0.25) is 0 Å². The molecular weight excluding hydrogens is 395 g/mol. The van der Waals surface area contributed by atoms with Gasteiger partial charge >= 0.3 is 0 Å². The molecule has 0 unspecified atom stereocenters. The summed E-state index contributed by atoms with van der Waals surface area (Å²) in [5.41, 5.74) is 3.72. The maximum atomic E-state index is 13.3. The summed E-state index contributed by atoms with van der Waals surface area (Å²) in [6, 6.07) is 11.0. The Morgan fingerprint density at radius 3 is 2.77 bits per heavy atom. The fraction of sp³-hybridized carbons (Fsp3) is 0.304. The quantitative estimate of drug-likeness (QED) is 0.657. The Kier molecular flexibility index (Phi) is 4.75. The first-order valence-electron chi connectivity index (χ1n) is 10.2. The average molecular weight is 416 g/mol. The number of fused-ring (bicyclic) bond motifs is 1. The van der Waals surface area contributed by atoms with Gasteiger partial charge in [0.1, 0.15) is 24.6 Å². The molecule has 1 aliphatic heterocycles. The second kappa shape index (κ2) is 7.60. The van der Waals surface area contributed by atoms with Crippen LogP contribution in [-0.4, -0.2) is 26.6 Å². The molecule has 0 bridgehead atoms. The lowest BCUT2D eigenvalue weighted by molar-refractivity contribution is 0.151. The maximum absolute atomic E-state index is 13.3. The van der Waals surface area contributed by atoms with Crippen LogP contribution in [0.3, 0.4) is 0 Å². The first kappa shape index (κ1) is 19.4. The zero-order valence-electron chi connectivity index (χ0n) is 16.8. The summed E-state index contributed by atoms with van der Waals surface area (Å²) < 4.78 is 13.3. The molecule has 1 aromatic carbocycles. The van der Waals surface area contributed by atoms with E-state index in [1.54, 1.807) is 18.3 Å². The van der Waals surface area contributed by atoms with Crippen molar-refractivity contribution < 1.29 is 9.50 Å². The van der Waals surface area contributed by atoms with Crippen LogP contribution >= 0.6 is 0 Å². The third-order valence-corrected chi connectivity index (χ3v) is 6.00. The van der Waals surface area contributed by atoms with Gasteiger partial charge in [0.15, 0.2) is 0 Å². The number of rotatable bonds is 5. The van der Waals surface area contributed by atoms with Crippen molar-refractivity contribution in [3.8, 4) is 6.07 Å². The van der Waals surface area contributed by atoms with E-state index in [1.165, 1.54) is 6.33 Å². The molecule has 0 atom stereocenters. The highest BCUT2D eigenvalue weighted by Gasteiger charge is 2.42. The highest BCUT2D eigenvalue weighted by molar-refractivity contribution is 5.60. The minimum absolute atomic E-state index is 0.366. The van der Waals surface area contributed by atoms with Crippen LogP contribution < -0.4 is 10.2 Å². The van der Waals surface area contributed by atoms with Gasteiger partial charge in [-0.3, -0.25) is 0 Å². The number of halogens is 1. The normalized spacial score (nSPS) is 16.4. The topological polar surface area (TPSA) is 98.0 Å². The number of aliphatic hydroxyl groups is 1. The third-order valence-electron chi connectivity index (χ3n) is 6.00. The van der Waals surface area contributed by atoms with Gasteiger partial charge in [-0.25, -0.2) is 19.3 Å².